The van der Waals surface area contributed by atoms with Gasteiger partial charge in [0.2, 0.25) is 0 Å². The van der Waals surface area contributed by atoms with Gasteiger partial charge in [0.25, 0.3) is 0 Å². The highest BCUT2D eigenvalue weighted by atomic mass is 79.9. The number of rotatable bonds is 4. The SMILES string of the molecule is CCC(Nc1cncc(Br)c1)C(C)C. The fraction of sp³-hybridized carbons (Fsp3) is 0.545. The Morgan fingerprint density at radius 1 is 1.43 bits per heavy atom. The van der Waals surface area contributed by atoms with Crippen LogP contribution in [0.1, 0.15) is 27.2 Å². The van der Waals surface area contributed by atoms with Gasteiger partial charge in [-0.05, 0) is 34.3 Å². The molecule has 0 saturated heterocycles. The molecule has 0 radical (unpaired) electrons. The standard InChI is InChI=1S/C11H17BrN2/c1-4-11(8(2)3)14-10-5-9(12)6-13-7-10/h5-8,11,14H,4H2,1-3H3. The third-order valence-electron chi connectivity index (χ3n) is 2.30. The highest BCUT2D eigenvalue weighted by molar-refractivity contribution is 9.10. The number of aromatic nitrogens is 1. The van der Waals surface area contributed by atoms with Crippen molar-refractivity contribution in [3.05, 3.63) is 22.9 Å². The molecule has 1 atom stereocenters. The summed E-state index contributed by atoms with van der Waals surface area (Å²) in [7, 11) is 0. The Bertz CT molecular complexity index is 286. The molecular formula is C11H17BrN2. The van der Waals surface area contributed by atoms with E-state index in [1.807, 2.05) is 6.20 Å². The van der Waals surface area contributed by atoms with Crippen molar-refractivity contribution >= 4 is 21.6 Å². The summed E-state index contributed by atoms with van der Waals surface area (Å²) < 4.78 is 1.01. The van der Waals surface area contributed by atoms with Crippen LogP contribution >= 0.6 is 15.9 Å². The first-order valence-corrected chi connectivity index (χ1v) is 5.80. The fourth-order valence-electron chi connectivity index (χ4n) is 1.45. The van der Waals surface area contributed by atoms with Gasteiger partial charge in [0.15, 0.2) is 0 Å². The van der Waals surface area contributed by atoms with E-state index in [1.165, 1.54) is 0 Å². The van der Waals surface area contributed by atoms with Crippen LogP contribution in [0.4, 0.5) is 5.69 Å². The highest BCUT2D eigenvalue weighted by Gasteiger charge is 2.10. The van der Waals surface area contributed by atoms with Gasteiger partial charge in [-0.3, -0.25) is 4.98 Å². The van der Waals surface area contributed by atoms with Crippen molar-refractivity contribution in [2.24, 2.45) is 5.92 Å². The van der Waals surface area contributed by atoms with Crippen molar-refractivity contribution in [1.82, 2.24) is 4.98 Å². The minimum Gasteiger partial charge on any atom is -0.381 e. The molecule has 2 nitrogen and oxygen atoms in total. The van der Waals surface area contributed by atoms with E-state index in [1.54, 1.807) is 6.20 Å². The normalized spacial score (nSPS) is 12.9. The number of nitrogens with one attached hydrogen (secondary N) is 1. The Balaban J connectivity index is 2.67. The summed E-state index contributed by atoms with van der Waals surface area (Å²) >= 11 is 3.41. The predicted molar refractivity (Wildman–Crippen MR) is 64.5 cm³/mol. The molecule has 0 amide bonds. The molecular weight excluding hydrogens is 240 g/mol. The molecule has 0 spiro atoms. The number of halogens is 1. The van der Waals surface area contributed by atoms with Crippen molar-refractivity contribution in [2.45, 2.75) is 33.2 Å². The lowest BCUT2D eigenvalue weighted by Crippen LogP contribution is -2.24. The maximum Gasteiger partial charge on any atom is 0.0540 e. The van der Waals surface area contributed by atoms with Crippen LogP contribution in [-0.4, -0.2) is 11.0 Å². The summed E-state index contributed by atoms with van der Waals surface area (Å²) in [5.41, 5.74) is 1.08. The van der Waals surface area contributed by atoms with E-state index in [-0.39, 0.29) is 0 Å². The fourth-order valence-corrected chi connectivity index (χ4v) is 1.81. The molecule has 0 fully saturated rings. The zero-order valence-corrected chi connectivity index (χ0v) is 10.5. The topological polar surface area (TPSA) is 24.9 Å². The number of nitrogens with zero attached hydrogens (tertiary/aromatic N) is 1. The van der Waals surface area contributed by atoms with Gasteiger partial charge in [-0.15, -0.1) is 0 Å². The van der Waals surface area contributed by atoms with Gasteiger partial charge in [-0.2, -0.15) is 0 Å². The van der Waals surface area contributed by atoms with Crippen LogP contribution in [0.2, 0.25) is 0 Å². The Hall–Kier alpha value is -0.570. The minimum absolute atomic E-state index is 0.520. The predicted octanol–water partition coefficient (Wildman–Crippen LogP) is 3.69. The van der Waals surface area contributed by atoms with Crippen molar-refractivity contribution < 1.29 is 0 Å². The summed E-state index contributed by atoms with van der Waals surface area (Å²) in [5, 5.41) is 3.48. The van der Waals surface area contributed by atoms with Gasteiger partial charge >= 0.3 is 0 Å². The molecule has 1 heterocycles. The first-order valence-electron chi connectivity index (χ1n) is 5.00. The van der Waals surface area contributed by atoms with Gasteiger partial charge in [-0.25, -0.2) is 0 Å². The van der Waals surface area contributed by atoms with Crippen LogP contribution in [0.5, 0.6) is 0 Å². The summed E-state index contributed by atoms with van der Waals surface area (Å²) in [4.78, 5) is 4.12. The Labute approximate surface area is 94.3 Å². The van der Waals surface area contributed by atoms with E-state index in [2.05, 4.69) is 53.1 Å². The van der Waals surface area contributed by atoms with Crippen LogP contribution in [0.3, 0.4) is 0 Å². The lowest BCUT2D eigenvalue weighted by molar-refractivity contribution is 0.511. The van der Waals surface area contributed by atoms with Crippen LogP contribution in [-0.2, 0) is 0 Å². The average molecular weight is 257 g/mol. The molecule has 3 heteroatoms. The Morgan fingerprint density at radius 3 is 2.64 bits per heavy atom. The third-order valence-corrected chi connectivity index (χ3v) is 2.74. The molecule has 0 bridgehead atoms. The first kappa shape index (κ1) is 11.5. The maximum atomic E-state index is 4.12. The summed E-state index contributed by atoms with van der Waals surface area (Å²) in [5.74, 6) is 0.638. The lowest BCUT2D eigenvalue weighted by Gasteiger charge is -2.21. The molecule has 0 aromatic carbocycles. The molecule has 0 aliphatic rings. The molecule has 1 rings (SSSR count). The monoisotopic (exact) mass is 256 g/mol. The van der Waals surface area contributed by atoms with Crippen LogP contribution in [0.25, 0.3) is 0 Å². The van der Waals surface area contributed by atoms with Gasteiger partial charge in [0.05, 0.1) is 11.9 Å². The number of anilines is 1. The highest BCUT2D eigenvalue weighted by Crippen LogP contribution is 2.17. The molecule has 0 aliphatic carbocycles. The Morgan fingerprint density at radius 2 is 2.14 bits per heavy atom. The lowest BCUT2D eigenvalue weighted by atomic mass is 10.0. The van der Waals surface area contributed by atoms with Gasteiger partial charge in [0, 0.05) is 16.7 Å². The van der Waals surface area contributed by atoms with Crippen LogP contribution < -0.4 is 5.32 Å². The molecule has 1 aromatic rings. The molecule has 0 aliphatic heterocycles. The van der Waals surface area contributed by atoms with Crippen LogP contribution in [0.15, 0.2) is 22.9 Å². The molecule has 0 saturated carbocycles. The van der Waals surface area contributed by atoms with Crippen molar-refractivity contribution in [3.63, 3.8) is 0 Å². The quantitative estimate of drug-likeness (QED) is 0.889. The second kappa shape index (κ2) is 5.35. The van der Waals surface area contributed by atoms with Crippen LogP contribution in [0, 0.1) is 5.92 Å². The van der Waals surface area contributed by atoms with E-state index >= 15 is 0 Å². The van der Waals surface area contributed by atoms with Gasteiger partial charge in [-0.1, -0.05) is 20.8 Å². The zero-order valence-electron chi connectivity index (χ0n) is 8.92. The van der Waals surface area contributed by atoms with E-state index in [9.17, 15) is 0 Å². The number of hydrogen-bond donors (Lipinski definition) is 1. The van der Waals surface area contributed by atoms with Gasteiger partial charge < -0.3 is 5.32 Å². The van der Waals surface area contributed by atoms with E-state index in [4.69, 9.17) is 0 Å². The van der Waals surface area contributed by atoms with Crippen molar-refractivity contribution in [1.29, 1.82) is 0 Å². The van der Waals surface area contributed by atoms with Crippen molar-refractivity contribution in [2.75, 3.05) is 5.32 Å². The largest absolute Gasteiger partial charge is 0.381 e. The van der Waals surface area contributed by atoms with Gasteiger partial charge in [0.1, 0.15) is 0 Å². The molecule has 1 unspecified atom stereocenters. The summed E-state index contributed by atoms with van der Waals surface area (Å²) in [6, 6.07) is 2.57. The molecule has 14 heavy (non-hydrogen) atoms. The second-order valence-electron chi connectivity index (χ2n) is 3.79. The maximum absolute atomic E-state index is 4.12. The second-order valence-corrected chi connectivity index (χ2v) is 4.71. The summed E-state index contributed by atoms with van der Waals surface area (Å²) in [6.07, 6.45) is 4.78. The number of hydrogen-bond acceptors (Lipinski definition) is 2. The van der Waals surface area contributed by atoms with E-state index < -0.39 is 0 Å². The first-order chi connectivity index (χ1) is 6.63. The Kier molecular flexibility index (Phi) is 4.39. The number of pyridine rings is 1. The summed E-state index contributed by atoms with van der Waals surface area (Å²) in [6.45, 7) is 6.65. The molecule has 78 valence electrons. The average Bonchev–Trinajstić information content (AvgIpc) is 2.14. The van der Waals surface area contributed by atoms with E-state index in [0.717, 1.165) is 16.6 Å². The molecule has 1 aromatic heterocycles. The molecule has 1 N–H and O–H groups in total. The zero-order chi connectivity index (χ0) is 10.6. The van der Waals surface area contributed by atoms with Crippen molar-refractivity contribution in [3.8, 4) is 0 Å². The third kappa shape index (κ3) is 3.29. The smallest absolute Gasteiger partial charge is 0.0540 e. The minimum atomic E-state index is 0.520. The van der Waals surface area contributed by atoms with E-state index in [0.29, 0.717) is 12.0 Å².